The molecule has 1 aromatic carbocycles. The Bertz CT molecular complexity index is 761. The van der Waals surface area contributed by atoms with Crippen LogP contribution in [-0.2, 0) is 6.42 Å². The summed E-state index contributed by atoms with van der Waals surface area (Å²) >= 11 is 0. The van der Waals surface area contributed by atoms with Gasteiger partial charge in [-0.25, -0.2) is 4.79 Å². The Hall–Kier alpha value is -2.30. The van der Waals surface area contributed by atoms with E-state index in [4.69, 9.17) is 10.8 Å². The second kappa shape index (κ2) is 3.85. The predicted octanol–water partition coefficient (Wildman–Crippen LogP) is 1.79. The number of carboxylic acids is 1. The molecule has 98 valence electrons. The normalized spacial score (nSPS) is 17.6. The summed E-state index contributed by atoms with van der Waals surface area (Å²) in [4.78, 5) is 23.4. The molecule has 1 aliphatic heterocycles. The van der Waals surface area contributed by atoms with Gasteiger partial charge in [0.25, 0.3) is 0 Å². The van der Waals surface area contributed by atoms with E-state index in [1.54, 1.807) is 12.1 Å². The fraction of sp³-hybridized carbons (Fsp3) is 0.286. The highest BCUT2D eigenvalue weighted by Crippen LogP contribution is 2.32. The Balaban J connectivity index is 2.54. The van der Waals surface area contributed by atoms with Crippen LogP contribution in [-0.4, -0.2) is 15.6 Å². The second-order valence-electron chi connectivity index (χ2n) is 5.00. The number of aromatic carboxylic acids is 1. The number of carboxylic acid groups (broad SMARTS) is 1. The average molecular weight is 258 g/mol. The minimum atomic E-state index is -1.19. The van der Waals surface area contributed by atoms with E-state index < -0.39 is 11.4 Å². The number of nitrogens with zero attached hydrogens (tertiary/aromatic N) is 1. The number of aromatic nitrogens is 1. The smallest absolute Gasteiger partial charge is 0.341 e. The summed E-state index contributed by atoms with van der Waals surface area (Å²) < 4.78 is 1.87. The van der Waals surface area contributed by atoms with Crippen LogP contribution in [0.2, 0.25) is 0 Å². The van der Waals surface area contributed by atoms with Crippen LogP contribution >= 0.6 is 0 Å². The number of rotatable bonds is 1. The van der Waals surface area contributed by atoms with E-state index in [1.807, 2.05) is 11.5 Å². The van der Waals surface area contributed by atoms with Crippen molar-refractivity contribution in [2.75, 3.05) is 5.73 Å². The third-order valence-corrected chi connectivity index (χ3v) is 3.85. The molecule has 0 fully saturated rings. The molecule has 0 bridgehead atoms. The van der Waals surface area contributed by atoms with E-state index in [9.17, 15) is 9.59 Å². The molecule has 3 rings (SSSR count). The molecule has 1 aromatic heterocycles. The van der Waals surface area contributed by atoms with E-state index in [0.29, 0.717) is 11.1 Å². The molecule has 2 aromatic rings. The van der Waals surface area contributed by atoms with Gasteiger partial charge >= 0.3 is 5.97 Å². The first-order valence-corrected chi connectivity index (χ1v) is 6.20. The van der Waals surface area contributed by atoms with Crippen molar-refractivity contribution in [3.05, 3.63) is 39.7 Å². The fourth-order valence-corrected chi connectivity index (χ4v) is 2.79. The number of benzene rings is 1. The van der Waals surface area contributed by atoms with Gasteiger partial charge in [-0.05, 0) is 37.5 Å². The third kappa shape index (κ3) is 1.54. The van der Waals surface area contributed by atoms with E-state index in [-0.39, 0.29) is 11.6 Å². The van der Waals surface area contributed by atoms with Crippen molar-refractivity contribution in [1.82, 2.24) is 4.57 Å². The lowest BCUT2D eigenvalue weighted by atomic mass is 9.95. The van der Waals surface area contributed by atoms with Crippen molar-refractivity contribution < 1.29 is 9.90 Å². The molecule has 0 spiro atoms. The summed E-state index contributed by atoms with van der Waals surface area (Å²) in [7, 11) is 0. The summed E-state index contributed by atoms with van der Waals surface area (Å²) in [6.45, 7) is 2.02. The summed E-state index contributed by atoms with van der Waals surface area (Å²) in [5, 5.41) is 9.58. The quantitative estimate of drug-likeness (QED) is 0.763. The summed E-state index contributed by atoms with van der Waals surface area (Å²) in [5.41, 5.74) is 7.74. The Labute approximate surface area is 109 Å². The van der Waals surface area contributed by atoms with Crippen molar-refractivity contribution in [2.24, 2.45) is 0 Å². The molecule has 0 aliphatic carbocycles. The van der Waals surface area contributed by atoms with Crippen molar-refractivity contribution >= 4 is 22.6 Å². The number of anilines is 1. The van der Waals surface area contributed by atoms with Crippen LogP contribution < -0.4 is 11.2 Å². The molecule has 19 heavy (non-hydrogen) atoms. The van der Waals surface area contributed by atoms with Crippen LogP contribution in [0.1, 0.15) is 35.3 Å². The highest BCUT2D eigenvalue weighted by molar-refractivity contribution is 5.95. The molecular formula is C14H14N2O3. The van der Waals surface area contributed by atoms with E-state index >= 15 is 0 Å². The van der Waals surface area contributed by atoms with Crippen LogP contribution in [0.5, 0.6) is 0 Å². The molecule has 0 radical (unpaired) electrons. The molecule has 0 saturated heterocycles. The van der Waals surface area contributed by atoms with Crippen LogP contribution in [0.4, 0.5) is 5.69 Å². The first-order valence-electron chi connectivity index (χ1n) is 6.20. The van der Waals surface area contributed by atoms with Crippen molar-refractivity contribution in [1.29, 1.82) is 0 Å². The lowest BCUT2D eigenvalue weighted by Crippen LogP contribution is -2.24. The summed E-state index contributed by atoms with van der Waals surface area (Å²) in [5.74, 6) is -1.19. The maximum Gasteiger partial charge on any atom is 0.341 e. The number of carbonyl (C=O) groups is 1. The maximum atomic E-state index is 12.2. The number of pyridine rings is 1. The van der Waals surface area contributed by atoms with E-state index in [1.165, 1.54) is 6.20 Å². The zero-order chi connectivity index (χ0) is 13.7. The van der Waals surface area contributed by atoms with Gasteiger partial charge in [-0.15, -0.1) is 0 Å². The van der Waals surface area contributed by atoms with Gasteiger partial charge in [-0.2, -0.15) is 0 Å². The van der Waals surface area contributed by atoms with Gasteiger partial charge in [0.05, 0.1) is 5.52 Å². The lowest BCUT2D eigenvalue weighted by molar-refractivity contribution is 0.0694. The van der Waals surface area contributed by atoms with Gasteiger partial charge in [-0.1, -0.05) is 0 Å². The molecule has 1 atom stereocenters. The topological polar surface area (TPSA) is 85.3 Å². The monoisotopic (exact) mass is 258 g/mol. The highest BCUT2D eigenvalue weighted by atomic mass is 16.4. The van der Waals surface area contributed by atoms with Gasteiger partial charge in [0, 0.05) is 23.3 Å². The van der Waals surface area contributed by atoms with Gasteiger partial charge in [-0.3, -0.25) is 4.79 Å². The van der Waals surface area contributed by atoms with Crippen molar-refractivity contribution in [3.63, 3.8) is 0 Å². The van der Waals surface area contributed by atoms with Crippen LogP contribution in [0, 0.1) is 0 Å². The van der Waals surface area contributed by atoms with Gasteiger partial charge in [0.1, 0.15) is 5.56 Å². The predicted molar refractivity (Wildman–Crippen MR) is 72.6 cm³/mol. The fourth-order valence-electron chi connectivity index (χ4n) is 2.79. The maximum absolute atomic E-state index is 12.2. The number of nitrogens with two attached hydrogens (primary N) is 1. The number of hydrogen-bond acceptors (Lipinski definition) is 3. The molecule has 1 aliphatic rings. The largest absolute Gasteiger partial charge is 0.477 e. The summed E-state index contributed by atoms with van der Waals surface area (Å²) in [6.07, 6.45) is 3.15. The lowest BCUT2D eigenvalue weighted by Gasteiger charge is -2.27. The Morgan fingerprint density at radius 3 is 2.89 bits per heavy atom. The molecule has 5 heteroatoms. The molecule has 1 unspecified atom stereocenters. The molecule has 2 heterocycles. The minimum absolute atomic E-state index is 0.162. The standard InChI is InChI=1S/C14H14N2O3/c1-7-2-3-8-11(15)5-4-9-12(8)16(7)6-10(13(9)17)14(18)19/h4-7H,2-3,15H2,1H3,(H,18,19). The van der Waals surface area contributed by atoms with E-state index in [0.717, 1.165) is 23.9 Å². The zero-order valence-electron chi connectivity index (χ0n) is 10.5. The number of aryl methyl sites for hydroxylation is 1. The third-order valence-electron chi connectivity index (χ3n) is 3.85. The molecule has 0 amide bonds. The average Bonchev–Trinajstić information content (AvgIpc) is 2.37. The molecule has 5 nitrogen and oxygen atoms in total. The van der Waals surface area contributed by atoms with E-state index in [2.05, 4.69) is 0 Å². The first kappa shape index (κ1) is 11.8. The van der Waals surface area contributed by atoms with Crippen molar-refractivity contribution in [3.8, 4) is 0 Å². The Kier molecular flexibility index (Phi) is 2.38. The first-order chi connectivity index (χ1) is 9.00. The second-order valence-corrected chi connectivity index (χ2v) is 5.00. The van der Waals surface area contributed by atoms with Gasteiger partial charge < -0.3 is 15.4 Å². The molecule has 3 N–H and O–H groups in total. The van der Waals surface area contributed by atoms with Crippen LogP contribution in [0.3, 0.4) is 0 Å². The van der Waals surface area contributed by atoms with Crippen LogP contribution in [0.25, 0.3) is 10.9 Å². The zero-order valence-corrected chi connectivity index (χ0v) is 10.5. The number of nitrogen functional groups attached to an aromatic ring is 1. The SMILES string of the molecule is CC1CCc2c(N)ccc3c(=O)c(C(=O)O)cn1c23. The van der Waals surface area contributed by atoms with Gasteiger partial charge in [0.15, 0.2) is 0 Å². The van der Waals surface area contributed by atoms with Crippen molar-refractivity contribution in [2.45, 2.75) is 25.8 Å². The van der Waals surface area contributed by atoms with Crippen LogP contribution in [0.15, 0.2) is 23.1 Å². The number of hydrogen-bond donors (Lipinski definition) is 2. The molecule has 0 saturated carbocycles. The Morgan fingerprint density at radius 2 is 2.21 bits per heavy atom. The van der Waals surface area contributed by atoms with Gasteiger partial charge in [0.2, 0.25) is 5.43 Å². The highest BCUT2D eigenvalue weighted by Gasteiger charge is 2.23. The Morgan fingerprint density at radius 1 is 1.47 bits per heavy atom. The summed E-state index contributed by atoms with van der Waals surface area (Å²) in [6, 6.07) is 3.47. The minimum Gasteiger partial charge on any atom is -0.477 e. The molecular weight excluding hydrogens is 244 g/mol.